The van der Waals surface area contributed by atoms with Crippen molar-refractivity contribution < 1.29 is 20.1 Å². The molecule has 3 atom stereocenters. The summed E-state index contributed by atoms with van der Waals surface area (Å²) in [6.07, 6.45) is 58.4. The number of carbonyl (C=O) groups excluding carboxylic acids is 1. The highest BCUT2D eigenvalue weighted by molar-refractivity contribution is 5.76. The van der Waals surface area contributed by atoms with Gasteiger partial charge < -0.3 is 20.6 Å². The first-order chi connectivity index (χ1) is 27.6. The molecule has 0 saturated heterocycles. The Morgan fingerprint density at radius 1 is 0.464 bits per heavy atom. The fourth-order valence-corrected chi connectivity index (χ4v) is 7.67. The zero-order valence-corrected chi connectivity index (χ0v) is 37.5. The minimum absolute atomic E-state index is 0.153. The number of unbranched alkanes of at least 4 members (excludes halogenated alkanes) is 31. The van der Waals surface area contributed by atoms with Crippen molar-refractivity contribution in [2.24, 2.45) is 0 Å². The van der Waals surface area contributed by atoms with Crippen LogP contribution in [0, 0.1) is 0 Å². The topological polar surface area (TPSA) is 89.8 Å². The molecule has 5 heteroatoms. The van der Waals surface area contributed by atoms with Crippen LogP contribution < -0.4 is 5.32 Å². The maximum Gasteiger partial charge on any atom is 0.220 e. The lowest BCUT2D eigenvalue weighted by atomic mass is 10.0. The van der Waals surface area contributed by atoms with Gasteiger partial charge in [0.1, 0.15) is 6.10 Å². The number of allylic oxidation sites excluding steroid dienone is 6. The minimum Gasteiger partial charge on any atom is -0.394 e. The number of rotatable bonds is 45. The van der Waals surface area contributed by atoms with Gasteiger partial charge in [-0.3, -0.25) is 4.79 Å². The lowest BCUT2D eigenvalue weighted by Crippen LogP contribution is -2.50. The highest BCUT2D eigenvalue weighted by Crippen LogP contribution is 2.16. The highest BCUT2D eigenvalue weighted by Gasteiger charge is 2.26. The van der Waals surface area contributed by atoms with Gasteiger partial charge in [0.2, 0.25) is 5.91 Å². The van der Waals surface area contributed by atoms with Gasteiger partial charge in [-0.05, 0) is 64.2 Å². The summed E-state index contributed by atoms with van der Waals surface area (Å²) in [6.45, 7) is 4.09. The average molecular weight is 788 g/mol. The predicted octanol–water partition coefficient (Wildman–Crippen LogP) is 14.7. The molecule has 0 aromatic carbocycles. The molecule has 1 amide bonds. The van der Waals surface area contributed by atoms with E-state index in [9.17, 15) is 20.1 Å². The van der Waals surface area contributed by atoms with Crippen molar-refractivity contribution >= 4 is 5.91 Å². The Morgan fingerprint density at radius 3 is 1.23 bits per heavy atom. The summed E-state index contributed by atoms with van der Waals surface area (Å²) < 4.78 is 0. The lowest BCUT2D eigenvalue weighted by Gasteiger charge is -2.26. The van der Waals surface area contributed by atoms with Crippen LogP contribution in [0.1, 0.15) is 258 Å². The third-order valence-corrected chi connectivity index (χ3v) is 11.5. The molecule has 0 spiro atoms. The summed E-state index contributed by atoms with van der Waals surface area (Å²) in [6, 6.07) is -0.826. The molecule has 0 aliphatic rings. The first kappa shape index (κ1) is 54.6. The SMILES string of the molecule is CC/C=C\C/C=C\CCCCCCCCCCCCCCCCC(=O)NC(CO)C(O)C(O)CCC/C=C/CCCCCCCCCCCCCCCCCC. The maximum absolute atomic E-state index is 12.5. The summed E-state index contributed by atoms with van der Waals surface area (Å²) in [7, 11) is 0. The van der Waals surface area contributed by atoms with Crippen molar-refractivity contribution in [1.29, 1.82) is 0 Å². The molecule has 0 radical (unpaired) electrons. The Balaban J connectivity index is 3.60. The van der Waals surface area contributed by atoms with Crippen LogP contribution in [0.4, 0.5) is 0 Å². The lowest BCUT2D eigenvalue weighted by molar-refractivity contribution is -0.124. The number of amides is 1. The summed E-state index contributed by atoms with van der Waals surface area (Å²) in [5.41, 5.74) is 0. The zero-order chi connectivity index (χ0) is 40.8. The van der Waals surface area contributed by atoms with E-state index in [-0.39, 0.29) is 12.5 Å². The van der Waals surface area contributed by atoms with Gasteiger partial charge in [0.15, 0.2) is 0 Å². The van der Waals surface area contributed by atoms with Gasteiger partial charge in [-0.15, -0.1) is 0 Å². The van der Waals surface area contributed by atoms with E-state index in [0.29, 0.717) is 12.8 Å². The summed E-state index contributed by atoms with van der Waals surface area (Å²) in [4.78, 5) is 12.5. The van der Waals surface area contributed by atoms with E-state index in [1.807, 2.05) is 0 Å². The second kappa shape index (κ2) is 46.3. The Kier molecular flexibility index (Phi) is 45.1. The van der Waals surface area contributed by atoms with Crippen LogP contribution in [-0.4, -0.2) is 46.1 Å². The minimum atomic E-state index is -1.16. The number of aliphatic hydroxyl groups excluding tert-OH is 3. The van der Waals surface area contributed by atoms with Gasteiger partial charge in [0, 0.05) is 6.42 Å². The van der Waals surface area contributed by atoms with E-state index in [1.54, 1.807) is 0 Å². The molecule has 0 aromatic rings. The van der Waals surface area contributed by atoms with E-state index < -0.39 is 18.2 Å². The molecule has 0 heterocycles. The second-order valence-electron chi connectivity index (χ2n) is 17.0. The van der Waals surface area contributed by atoms with Crippen molar-refractivity contribution in [1.82, 2.24) is 5.32 Å². The molecule has 0 fully saturated rings. The Hall–Kier alpha value is -1.43. The molecular weight excluding hydrogens is 691 g/mol. The maximum atomic E-state index is 12.5. The second-order valence-corrected chi connectivity index (χ2v) is 17.0. The van der Waals surface area contributed by atoms with Crippen molar-refractivity contribution in [3.63, 3.8) is 0 Å². The van der Waals surface area contributed by atoms with Gasteiger partial charge in [0.05, 0.1) is 18.8 Å². The van der Waals surface area contributed by atoms with Crippen LogP contribution in [0.5, 0.6) is 0 Å². The van der Waals surface area contributed by atoms with Crippen LogP contribution >= 0.6 is 0 Å². The number of carbonyl (C=O) groups is 1. The molecule has 0 aliphatic heterocycles. The van der Waals surface area contributed by atoms with Crippen LogP contribution in [0.3, 0.4) is 0 Å². The molecule has 0 aromatic heterocycles. The highest BCUT2D eigenvalue weighted by atomic mass is 16.3. The molecule has 0 aliphatic carbocycles. The van der Waals surface area contributed by atoms with Crippen LogP contribution in [0.2, 0.25) is 0 Å². The number of aliphatic hydroxyl groups is 3. The van der Waals surface area contributed by atoms with Crippen molar-refractivity contribution in [2.45, 2.75) is 276 Å². The smallest absolute Gasteiger partial charge is 0.220 e. The van der Waals surface area contributed by atoms with Gasteiger partial charge in [-0.25, -0.2) is 0 Å². The summed E-state index contributed by atoms with van der Waals surface area (Å²) >= 11 is 0. The molecule has 0 bridgehead atoms. The molecule has 0 rings (SSSR count). The Morgan fingerprint density at radius 2 is 0.821 bits per heavy atom. The first-order valence-corrected chi connectivity index (χ1v) is 24.8. The Labute approximate surface area is 349 Å². The summed E-state index contributed by atoms with van der Waals surface area (Å²) in [5.74, 6) is -0.153. The summed E-state index contributed by atoms with van der Waals surface area (Å²) in [5, 5.41) is 33.6. The quantitative estimate of drug-likeness (QED) is 0.0365. The van der Waals surface area contributed by atoms with Gasteiger partial charge in [0.25, 0.3) is 0 Å². The zero-order valence-electron chi connectivity index (χ0n) is 37.5. The first-order valence-electron chi connectivity index (χ1n) is 24.8. The third kappa shape index (κ3) is 40.8. The number of hydrogen-bond acceptors (Lipinski definition) is 4. The van der Waals surface area contributed by atoms with Crippen molar-refractivity contribution in [2.75, 3.05) is 6.61 Å². The molecule has 56 heavy (non-hydrogen) atoms. The molecular formula is C51H97NO4. The van der Waals surface area contributed by atoms with E-state index in [4.69, 9.17) is 0 Å². The van der Waals surface area contributed by atoms with Crippen LogP contribution in [-0.2, 0) is 4.79 Å². The van der Waals surface area contributed by atoms with Crippen molar-refractivity contribution in [3.05, 3.63) is 36.5 Å². The monoisotopic (exact) mass is 788 g/mol. The predicted molar refractivity (Wildman–Crippen MR) is 245 cm³/mol. The van der Waals surface area contributed by atoms with E-state index in [0.717, 1.165) is 51.4 Å². The van der Waals surface area contributed by atoms with Gasteiger partial charge in [-0.1, -0.05) is 224 Å². The van der Waals surface area contributed by atoms with Crippen LogP contribution in [0.25, 0.3) is 0 Å². The number of nitrogens with one attached hydrogen (secondary N) is 1. The Bertz CT molecular complexity index is 870. The molecule has 4 N–H and O–H groups in total. The van der Waals surface area contributed by atoms with Gasteiger partial charge in [-0.2, -0.15) is 0 Å². The fourth-order valence-electron chi connectivity index (χ4n) is 7.67. The average Bonchev–Trinajstić information content (AvgIpc) is 3.20. The standard InChI is InChI=1S/C51H97NO4/c1-3-5-7-9-11-13-15-17-19-21-23-25-27-29-31-33-35-37-39-41-43-45-49(54)51(56)48(47-53)52-50(55)46-44-42-40-38-36-34-32-30-28-26-24-22-20-18-16-14-12-10-8-6-4-2/h6,8,12,14,37,39,48-49,51,53-54,56H,3-5,7,9-11,13,15-36,38,40-47H2,1-2H3,(H,52,55)/b8-6-,14-12-,39-37+. The molecule has 0 saturated carbocycles. The molecule has 3 unspecified atom stereocenters. The third-order valence-electron chi connectivity index (χ3n) is 11.5. The number of hydrogen-bond donors (Lipinski definition) is 4. The fraction of sp³-hybridized carbons (Fsp3) is 0.863. The molecule has 330 valence electrons. The van der Waals surface area contributed by atoms with Crippen LogP contribution in [0.15, 0.2) is 36.5 Å². The molecule has 5 nitrogen and oxygen atoms in total. The normalized spacial score (nSPS) is 13.7. The van der Waals surface area contributed by atoms with E-state index in [2.05, 4.69) is 55.6 Å². The van der Waals surface area contributed by atoms with E-state index >= 15 is 0 Å². The van der Waals surface area contributed by atoms with E-state index in [1.165, 1.54) is 180 Å². The largest absolute Gasteiger partial charge is 0.394 e. The van der Waals surface area contributed by atoms with Gasteiger partial charge >= 0.3 is 0 Å². The van der Waals surface area contributed by atoms with Crippen molar-refractivity contribution in [3.8, 4) is 0 Å².